The van der Waals surface area contributed by atoms with Gasteiger partial charge in [-0.25, -0.2) is 4.79 Å². The molecule has 1 atom stereocenters. The van der Waals surface area contributed by atoms with Crippen molar-refractivity contribution in [3.8, 4) is 5.75 Å². The number of hydrogen-bond acceptors (Lipinski definition) is 5. The lowest BCUT2D eigenvalue weighted by molar-refractivity contribution is -0.158. The first-order valence-corrected chi connectivity index (χ1v) is 9.38. The number of alkyl halides is 3. The number of carbonyl (C=O) groups excluding carboxylic acids is 3. The summed E-state index contributed by atoms with van der Waals surface area (Å²) in [4.78, 5) is 37.0. The van der Waals surface area contributed by atoms with E-state index in [1.807, 2.05) is 0 Å². The molecular weight excluding hydrogens is 417 g/mol. The number of nitrogens with one attached hydrogen (secondary N) is 1. The summed E-state index contributed by atoms with van der Waals surface area (Å²) in [5, 5.41) is 2.39. The van der Waals surface area contributed by atoms with Gasteiger partial charge in [-0.05, 0) is 43.3 Å². The van der Waals surface area contributed by atoms with Gasteiger partial charge < -0.3 is 14.8 Å². The molecule has 0 spiro atoms. The number of anilines is 2. The Morgan fingerprint density at radius 2 is 1.81 bits per heavy atom. The Morgan fingerprint density at radius 3 is 2.45 bits per heavy atom. The first kappa shape index (κ1) is 22.1. The molecule has 1 aliphatic heterocycles. The molecule has 2 aromatic rings. The maximum absolute atomic E-state index is 13.7. The lowest BCUT2D eigenvalue weighted by Gasteiger charge is -2.31. The number of para-hydroxylation sites is 2. The number of nitrogens with zero attached hydrogens (tertiary/aromatic N) is 1. The van der Waals surface area contributed by atoms with Gasteiger partial charge in [0.15, 0.2) is 6.61 Å². The van der Waals surface area contributed by atoms with Gasteiger partial charge in [-0.2, -0.15) is 13.2 Å². The quantitative estimate of drug-likeness (QED) is 0.725. The molecule has 7 nitrogen and oxygen atoms in total. The maximum atomic E-state index is 13.7. The molecule has 1 aliphatic rings. The van der Waals surface area contributed by atoms with Crippen LogP contribution < -0.4 is 15.0 Å². The Hall–Kier alpha value is -3.56. The topological polar surface area (TPSA) is 84.9 Å². The number of benzene rings is 2. The lowest BCUT2D eigenvalue weighted by atomic mass is 10.1. The van der Waals surface area contributed by atoms with Gasteiger partial charge in [-0.1, -0.05) is 12.1 Å². The number of carbonyl (C=O) groups is 3. The second-order valence-corrected chi connectivity index (χ2v) is 6.62. The van der Waals surface area contributed by atoms with E-state index in [4.69, 9.17) is 9.47 Å². The highest BCUT2D eigenvalue weighted by atomic mass is 19.4. The van der Waals surface area contributed by atoms with Gasteiger partial charge in [-0.3, -0.25) is 14.5 Å². The Kier molecular flexibility index (Phi) is 6.47. The van der Waals surface area contributed by atoms with E-state index in [0.29, 0.717) is 4.90 Å². The van der Waals surface area contributed by atoms with Crippen LogP contribution in [0.1, 0.15) is 23.7 Å². The minimum Gasteiger partial charge on any atom is -0.484 e. The SMILES string of the molecule is CCOC(=O)c1ccc(OCC(=O)N2c3ccccc3NC(=O)CC2C(F)(F)F)cc1. The molecule has 0 radical (unpaired) electrons. The van der Waals surface area contributed by atoms with Gasteiger partial charge in [0.1, 0.15) is 11.8 Å². The Morgan fingerprint density at radius 1 is 1.13 bits per heavy atom. The minimum absolute atomic E-state index is 0.0677. The van der Waals surface area contributed by atoms with E-state index in [1.54, 1.807) is 6.92 Å². The fourth-order valence-electron chi connectivity index (χ4n) is 3.11. The van der Waals surface area contributed by atoms with E-state index in [9.17, 15) is 27.6 Å². The molecule has 0 saturated heterocycles. The van der Waals surface area contributed by atoms with Crippen LogP contribution in [0.2, 0.25) is 0 Å². The second-order valence-electron chi connectivity index (χ2n) is 6.62. The molecule has 0 fully saturated rings. The standard InChI is InChI=1S/C21H19F3N2O5/c1-2-30-20(29)13-7-9-14(10-8-13)31-12-19(28)26-16-6-4-3-5-15(16)25-18(27)11-17(26)21(22,23)24/h3-10,17H,2,11-12H2,1H3,(H,25,27). The first-order chi connectivity index (χ1) is 14.7. The largest absolute Gasteiger partial charge is 0.484 e. The highest BCUT2D eigenvalue weighted by molar-refractivity contribution is 6.05. The number of esters is 1. The van der Waals surface area contributed by atoms with Crippen LogP contribution >= 0.6 is 0 Å². The lowest BCUT2D eigenvalue weighted by Crippen LogP contribution is -2.51. The van der Waals surface area contributed by atoms with Gasteiger partial charge in [0.25, 0.3) is 5.91 Å². The molecular formula is C21H19F3N2O5. The van der Waals surface area contributed by atoms with Crippen LogP contribution in [0.3, 0.4) is 0 Å². The van der Waals surface area contributed by atoms with Gasteiger partial charge in [-0.15, -0.1) is 0 Å². The van der Waals surface area contributed by atoms with Crippen molar-refractivity contribution in [1.82, 2.24) is 0 Å². The van der Waals surface area contributed by atoms with E-state index in [-0.39, 0.29) is 29.3 Å². The van der Waals surface area contributed by atoms with Crippen molar-refractivity contribution in [1.29, 1.82) is 0 Å². The number of rotatable bonds is 5. The molecule has 164 valence electrons. The highest BCUT2D eigenvalue weighted by Gasteiger charge is 2.49. The summed E-state index contributed by atoms with van der Waals surface area (Å²) in [6, 6.07) is 9.06. The van der Waals surface area contributed by atoms with Crippen LogP contribution in [0.4, 0.5) is 24.5 Å². The number of amides is 2. The van der Waals surface area contributed by atoms with Gasteiger partial charge in [0.2, 0.25) is 5.91 Å². The molecule has 0 aliphatic carbocycles. The van der Waals surface area contributed by atoms with Crippen molar-refractivity contribution in [2.45, 2.75) is 25.6 Å². The van der Waals surface area contributed by atoms with Crippen LogP contribution in [0, 0.1) is 0 Å². The van der Waals surface area contributed by atoms with E-state index in [1.165, 1.54) is 48.5 Å². The summed E-state index contributed by atoms with van der Waals surface area (Å²) < 4.78 is 51.3. The maximum Gasteiger partial charge on any atom is 0.409 e. The van der Waals surface area contributed by atoms with Crippen LogP contribution in [0.25, 0.3) is 0 Å². The van der Waals surface area contributed by atoms with E-state index in [0.717, 1.165) is 0 Å². The van der Waals surface area contributed by atoms with Gasteiger partial charge in [0, 0.05) is 0 Å². The summed E-state index contributed by atoms with van der Waals surface area (Å²) >= 11 is 0. The van der Waals surface area contributed by atoms with Crippen molar-refractivity contribution in [3.05, 3.63) is 54.1 Å². The third kappa shape index (κ3) is 5.14. The Balaban J connectivity index is 1.81. The smallest absolute Gasteiger partial charge is 0.409 e. The molecule has 1 N–H and O–H groups in total. The minimum atomic E-state index is -4.83. The average Bonchev–Trinajstić information content (AvgIpc) is 2.88. The summed E-state index contributed by atoms with van der Waals surface area (Å²) in [6.07, 6.45) is -5.76. The van der Waals surface area contributed by atoms with Gasteiger partial charge >= 0.3 is 12.1 Å². The molecule has 31 heavy (non-hydrogen) atoms. The molecule has 2 amide bonds. The van der Waals surface area contributed by atoms with Crippen LogP contribution in [-0.4, -0.2) is 43.2 Å². The Bertz CT molecular complexity index is 976. The average molecular weight is 436 g/mol. The normalized spacial score (nSPS) is 16.1. The monoisotopic (exact) mass is 436 g/mol. The summed E-state index contributed by atoms with van der Waals surface area (Å²) in [7, 11) is 0. The molecule has 0 aromatic heterocycles. The zero-order valence-corrected chi connectivity index (χ0v) is 16.4. The van der Waals surface area contributed by atoms with Crippen molar-refractivity contribution < 1.29 is 37.0 Å². The van der Waals surface area contributed by atoms with Crippen molar-refractivity contribution >= 4 is 29.2 Å². The highest BCUT2D eigenvalue weighted by Crippen LogP contribution is 2.37. The second kappa shape index (κ2) is 9.07. The number of halogens is 3. The third-order valence-electron chi connectivity index (χ3n) is 4.50. The predicted molar refractivity (Wildman–Crippen MR) is 105 cm³/mol. The summed E-state index contributed by atoms with van der Waals surface area (Å²) in [5.74, 6) is -2.17. The van der Waals surface area contributed by atoms with Crippen LogP contribution in [0.15, 0.2) is 48.5 Å². The van der Waals surface area contributed by atoms with E-state index in [2.05, 4.69) is 5.32 Å². The predicted octanol–water partition coefficient (Wildman–Crippen LogP) is 3.55. The van der Waals surface area contributed by atoms with Crippen molar-refractivity contribution in [3.63, 3.8) is 0 Å². The van der Waals surface area contributed by atoms with Crippen molar-refractivity contribution in [2.24, 2.45) is 0 Å². The zero-order chi connectivity index (χ0) is 22.6. The number of ether oxygens (including phenoxy) is 2. The summed E-state index contributed by atoms with van der Waals surface area (Å²) in [6.45, 7) is 1.17. The molecule has 1 unspecified atom stereocenters. The number of hydrogen-bond donors (Lipinski definition) is 1. The van der Waals surface area contributed by atoms with Crippen molar-refractivity contribution in [2.75, 3.05) is 23.4 Å². The molecule has 0 bridgehead atoms. The third-order valence-corrected chi connectivity index (χ3v) is 4.50. The molecule has 10 heteroatoms. The van der Waals surface area contributed by atoms with Gasteiger partial charge in [0.05, 0.1) is 30.0 Å². The molecule has 1 heterocycles. The zero-order valence-electron chi connectivity index (χ0n) is 16.4. The number of fused-ring (bicyclic) bond motifs is 1. The van der Waals surface area contributed by atoms with Crippen LogP contribution in [-0.2, 0) is 14.3 Å². The summed E-state index contributed by atoms with van der Waals surface area (Å²) in [5.41, 5.74) is 0.303. The van der Waals surface area contributed by atoms with E-state index < -0.39 is 43.0 Å². The Labute approximate surface area is 175 Å². The van der Waals surface area contributed by atoms with Crippen LogP contribution in [0.5, 0.6) is 5.75 Å². The molecule has 2 aromatic carbocycles. The fourth-order valence-corrected chi connectivity index (χ4v) is 3.11. The van der Waals surface area contributed by atoms with E-state index >= 15 is 0 Å². The molecule has 0 saturated carbocycles. The molecule has 3 rings (SSSR count). The fraction of sp³-hybridized carbons (Fsp3) is 0.286. The first-order valence-electron chi connectivity index (χ1n) is 9.38.